The van der Waals surface area contributed by atoms with Crippen molar-refractivity contribution >= 4 is 40.8 Å². The number of nitrogens with zero attached hydrogens (tertiary/aromatic N) is 2. The van der Waals surface area contributed by atoms with Crippen LogP contribution in [0.1, 0.15) is 63.2 Å². The summed E-state index contributed by atoms with van der Waals surface area (Å²) in [6.07, 6.45) is 5.01. The van der Waals surface area contributed by atoms with Crippen LogP contribution in [0.2, 0.25) is 0 Å². The number of anilines is 2. The third-order valence-corrected chi connectivity index (χ3v) is 7.01. The molecule has 1 aliphatic carbocycles. The molecular formula is C32H37F2N5O5. The van der Waals surface area contributed by atoms with Crippen molar-refractivity contribution in [1.29, 1.82) is 5.41 Å². The molecule has 234 valence electrons. The zero-order valence-corrected chi connectivity index (χ0v) is 25.6. The molecule has 0 saturated carbocycles. The minimum absolute atomic E-state index is 0.0159. The molecule has 0 spiro atoms. The van der Waals surface area contributed by atoms with Gasteiger partial charge >= 0.3 is 12.1 Å². The molecular weight excluding hydrogens is 572 g/mol. The molecule has 1 aliphatic heterocycles. The van der Waals surface area contributed by atoms with Crippen LogP contribution < -0.4 is 10.6 Å². The van der Waals surface area contributed by atoms with Crippen molar-refractivity contribution in [3.8, 4) is 0 Å². The molecule has 1 aromatic heterocycles. The molecule has 2 amide bonds. The highest BCUT2D eigenvalue weighted by Gasteiger charge is 2.38. The van der Waals surface area contributed by atoms with Crippen molar-refractivity contribution < 1.29 is 32.6 Å². The second-order valence-corrected chi connectivity index (χ2v) is 11.8. The van der Waals surface area contributed by atoms with Crippen LogP contribution in [-0.2, 0) is 14.3 Å². The fraction of sp³-hybridized carbons (Fsp3) is 0.406. The van der Waals surface area contributed by atoms with Crippen molar-refractivity contribution in [3.05, 3.63) is 70.9 Å². The number of amides is 2. The van der Waals surface area contributed by atoms with E-state index < -0.39 is 35.2 Å². The van der Waals surface area contributed by atoms with E-state index in [1.807, 2.05) is 19.1 Å². The van der Waals surface area contributed by atoms with Gasteiger partial charge < -0.3 is 30.4 Å². The van der Waals surface area contributed by atoms with Gasteiger partial charge in [0.2, 0.25) is 5.91 Å². The smallest absolute Gasteiger partial charge is 0.410 e. The lowest BCUT2D eigenvalue weighted by molar-refractivity contribution is -0.119. The van der Waals surface area contributed by atoms with Crippen LogP contribution in [0.25, 0.3) is 5.57 Å². The number of carbonyl (C=O) groups is 3. The lowest BCUT2D eigenvalue weighted by Crippen LogP contribution is -2.54. The summed E-state index contributed by atoms with van der Waals surface area (Å²) in [5, 5.41) is 15.0. The van der Waals surface area contributed by atoms with Crippen molar-refractivity contribution in [2.75, 3.05) is 25.0 Å². The lowest BCUT2D eigenvalue weighted by atomic mass is 9.83. The van der Waals surface area contributed by atoms with Crippen LogP contribution in [0.3, 0.4) is 0 Å². The molecule has 1 aromatic carbocycles. The van der Waals surface area contributed by atoms with Gasteiger partial charge in [0.15, 0.2) is 5.69 Å². The minimum Gasteiger partial charge on any atom is -0.461 e. The molecule has 2 atom stereocenters. The number of likely N-dealkylation sites (tertiary alicyclic amines) is 1. The molecule has 12 heteroatoms. The molecule has 10 nitrogen and oxygen atoms in total. The number of halogens is 2. The van der Waals surface area contributed by atoms with E-state index in [4.69, 9.17) is 9.47 Å². The maximum Gasteiger partial charge on any atom is 0.410 e. The molecule has 4 rings (SSSR count). The number of benzene rings is 1. The van der Waals surface area contributed by atoms with Gasteiger partial charge in [0.05, 0.1) is 12.6 Å². The molecule has 2 unspecified atom stereocenters. The van der Waals surface area contributed by atoms with Gasteiger partial charge in [-0.15, -0.1) is 0 Å². The lowest BCUT2D eigenvalue weighted by Gasteiger charge is -2.40. The normalized spacial score (nSPS) is 18.2. The first-order valence-electron chi connectivity index (χ1n) is 14.3. The Bertz CT molecular complexity index is 1520. The number of pyridine rings is 1. The first kappa shape index (κ1) is 32.3. The molecule has 2 aromatic rings. The Morgan fingerprint density at radius 1 is 1.11 bits per heavy atom. The fourth-order valence-electron chi connectivity index (χ4n) is 4.97. The Morgan fingerprint density at radius 2 is 1.77 bits per heavy atom. The average Bonchev–Trinajstić information content (AvgIpc) is 2.86. The summed E-state index contributed by atoms with van der Waals surface area (Å²) >= 11 is 0. The maximum absolute atomic E-state index is 14.2. The van der Waals surface area contributed by atoms with Gasteiger partial charge in [-0.25, -0.2) is 23.4 Å². The molecule has 1 fully saturated rings. The zero-order valence-electron chi connectivity index (χ0n) is 25.6. The Morgan fingerprint density at radius 3 is 2.34 bits per heavy atom. The number of allylic oxidation sites excluding steroid dienone is 2. The van der Waals surface area contributed by atoms with E-state index >= 15 is 0 Å². The first-order chi connectivity index (χ1) is 20.6. The number of rotatable bonds is 8. The highest BCUT2D eigenvalue weighted by Crippen LogP contribution is 2.36. The molecule has 3 N–H and O–H groups in total. The second-order valence-electron chi connectivity index (χ2n) is 11.8. The number of esters is 1. The third kappa shape index (κ3) is 7.66. The Labute approximate surface area is 255 Å². The van der Waals surface area contributed by atoms with Gasteiger partial charge in [-0.05, 0) is 62.9 Å². The van der Waals surface area contributed by atoms with Gasteiger partial charge in [0, 0.05) is 49.0 Å². The van der Waals surface area contributed by atoms with E-state index in [1.165, 1.54) is 17.9 Å². The van der Waals surface area contributed by atoms with Gasteiger partial charge in [0.1, 0.15) is 23.1 Å². The van der Waals surface area contributed by atoms with Crippen LogP contribution in [0.5, 0.6) is 0 Å². The van der Waals surface area contributed by atoms with E-state index in [9.17, 15) is 28.6 Å². The van der Waals surface area contributed by atoms with E-state index in [-0.39, 0.29) is 66.0 Å². The monoisotopic (exact) mass is 609 g/mol. The summed E-state index contributed by atoms with van der Waals surface area (Å²) < 4.78 is 39.0. The van der Waals surface area contributed by atoms with Gasteiger partial charge in [0.25, 0.3) is 0 Å². The summed E-state index contributed by atoms with van der Waals surface area (Å²) in [7, 11) is 0. The Kier molecular flexibility index (Phi) is 9.50. The van der Waals surface area contributed by atoms with E-state index in [0.29, 0.717) is 11.1 Å². The molecule has 2 heterocycles. The van der Waals surface area contributed by atoms with Crippen LogP contribution >= 0.6 is 0 Å². The van der Waals surface area contributed by atoms with Gasteiger partial charge in [-0.2, -0.15) is 0 Å². The van der Waals surface area contributed by atoms with Crippen LogP contribution in [0.4, 0.5) is 25.1 Å². The molecule has 2 aliphatic rings. The number of carbonyl (C=O) groups excluding carboxylic acids is 3. The predicted octanol–water partition coefficient (Wildman–Crippen LogP) is 5.61. The quantitative estimate of drug-likeness (QED) is 0.262. The average molecular weight is 610 g/mol. The summed E-state index contributed by atoms with van der Waals surface area (Å²) in [5.41, 5.74) is 0.750. The largest absolute Gasteiger partial charge is 0.461 e. The number of hydrogen-bond donors (Lipinski definition) is 3. The van der Waals surface area contributed by atoms with Crippen LogP contribution in [0.15, 0.2) is 42.5 Å². The topological polar surface area (TPSA) is 134 Å². The molecule has 1 saturated heterocycles. The molecule has 0 bridgehead atoms. The van der Waals surface area contributed by atoms with Crippen molar-refractivity contribution in [1.82, 2.24) is 15.2 Å². The van der Waals surface area contributed by atoms with Crippen LogP contribution in [-0.4, -0.2) is 64.9 Å². The standard InChI is InChI=1S/C32H37F2N5O5/c1-7-43-30(41)26-14-24(19-8-9-25(17(2)10-19)36-18(3)40)27(29(38-26)37-23-12-21(33)11-22(34)13-23)28(35)20-15-39(16-20)31(42)44-32(4,5)6/h8-14,17,20,25,35H,7,15-16H2,1-6H3,(H,36,40)(H,37,38). The van der Waals surface area contributed by atoms with Crippen molar-refractivity contribution in [3.63, 3.8) is 0 Å². The number of aromatic nitrogens is 1. The summed E-state index contributed by atoms with van der Waals surface area (Å²) in [6.45, 7) is 10.8. The second kappa shape index (κ2) is 12.9. The van der Waals surface area contributed by atoms with Crippen LogP contribution in [0, 0.1) is 28.9 Å². The van der Waals surface area contributed by atoms with Gasteiger partial charge in [-0.3, -0.25) is 4.79 Å². The summed E-state index contributed by atoms with van der Waals surface area (Å²) in [4.78, 5) is 43.2. The minimum atomic E-state index is -0.825. The first-order valence-corrected chi connectivity index (χ1v) is 14.3. The fourth-order valence-corrected chi connectivity index (χ4v) is 4.97. The summed E-state index contributed by atoms with van der Waals surface area (Å²) in [5.74, 6) is -3.11. The SMILES string of the molecule is CCOC(=O)c1cc(C2=CC(C)C(NC(C)=O)C=C2)c(C(=N)C2CN(C(=O)OC(C)(C)C)C2)c(Nc2cc(F)cc(F)c2)n1. The predicted molar refractivity (Wildman–Crippen MR) is 162 cm³/mol. The number of ether oxygens (including phenoxy) is 2. The molecule has 0 radical (unpaired) electrons. The maximum atomic E-state index is 14.2. The van der Waals surface area contributed by atoms with Gasteiger partial charge in [-0.1, -0.05) is 25.2 Å². The molecule has 44 heavy (non-hydrogen) atoms. The third-order valence-electron chi connectivity index (χ3n) is 7.01. The Hall–Kier alpha value is -4.61. The van der Waals surface area contributed by atoms with E-state index in [2.05, 4.69) is 15.6 Å². The number of hydrogen-bond acceptors (Lipinski definition) is 8. The number of nitrogens with one attached hydrogen (secondary N) is 3. The summed E-state index contributed by atoms with van der Waals surface area (Å²) in [6, 6.07) is 4.12. The van der Waals surface area contributed by atoms with E-state index in [0.717, 1.165) is 18.2 Å². The highest BCUT2D eigenvalue weighted by atomic mass is 19.1. The Balaban J connectivity index is 1.81. The zero-order chi connectivity index (χ0) is 32.3. The van der Waals surface area contributed by atoms with Crippen molar-refractivity contribution in [2.24, 2.45) is 11.8 Å². The van der Waals surface area contributed by atoms with Crippen molar-refractivity contribution in [2.45, 2.75) is 53.2 Å². The highest BCUT2D eigenvalue weighted by molar-refractivity contribution is 6.10. The van der Waals surface area contributed by atoms with E-state index in [1.54, 1.807) is 33.8 Å².